The molecule has 8 heteroatoms. The van der Waals surface area contributed by atoms with Gasteiger partial charge in [-0.1, -0.05) is 6.07 Å². The number of rotatable bonds is 3. The van der Waals surface area contributed by atoms with E-state index in [2.05, 4.69) is 15.3 Å². The number of benzene rings is 1. The summed E-state index contributed by atoms with van der Waals surface area (Å²) in [4.78, 5) is 14.7. The Morgan fingerprint density at radius 1 is 0.966 bits per heavy atom. The second kappa shape index (κ2) is 7.12. The molecular weight excluding hydrogens is 371 g/mol. The number of aromatic nitrogens is 5. The average Bonchev–Trinajstić information content (AvgIpc) is 3.42. The molecule has 1 aliphatic heterocycles. The molecular formula is C21H19FN6O. The molecule has 0 spiro atoms. The third kappa shape index (κ3) is 3.26. The maximum absolute atomic E-state index is 13.1. The topological polar surface area (TPSA) is 68.3 Å². The van der Waals surface area contributed by atoms with Crippen LogP contribution in [0.3, 0.4) is 0 Å². The number of fused-ring (bicyclic) bond motifs is 1. The molecule has 0 N–H and O–H groups in total. The summed E-state index contributed by atoms with van der Waals surface area (Å²) < 4.78 is 16.7. The van der Waals surface area contributed by atoms with E-state index in [9.17, 15) is 9.18 Å². The summed E-state index contributed by atoms with van der Waals surface area (Å²) in [6.07, 6.45) is 5.36. The first kappa shape index (κ1) is 17.5. The number of hydrogen-bond donors (Lipinski definition) is 0. The molecule has 0 saturated carbocycles. The third-order valence-corrected chi connectivity index (χ3v) is 5.39. The SMILES string of the molecule is O=C(c1ccn(-c2ccc(F)cc2)n1)N1CCC(c2nnc3ccccn23)CC1. The van der Waals surface area contributed by atoms with Crippen LogP contribution in [0.25, 0.3) is 11.3 Å². The van der Waals surface area contributed by atoms with Crippen molar-refractivity contribution >= 4 is 11.6 Å². The van der Waals surface area contributed by atoms with Gasteiger partial charge >= 0.3 is 0 Å². The number of carbonyl (C=O) groups is 1. The van der Waals surface area contributed by atoms with Gasteiger partial charge in [0.15, 0.2) is 11.3 Å². The lowest BCUT2D eigenvalue weighted by Crippen LogP contribution is -2.38. The van der Waals surface area contributed by atoms with Crippen molar-refractivity contribution in [1.82, 2.24) is 29.3 Å². The molecule has 1 aliphatic rings. The van der Waals surface area contributed by atoms with Crippen molar-refractivity contribution in [2.45, 2.75) is 18.8 Å². The molecule has 1 aromatic carbocycles. The van der Waals surface area contributed by atoms with Gasteiger partial charge in [0.25, 0.3) is 5.91 Å². The standard InChI is InChI=1S/C21H19FN6O/c22-16-4-6-17(7-5-16)28-14-10-18(25-28)21(29)26-12-8-15(9-13-26)20-24-23-19-3-1-2-11-27(19)20/h1-7,10-11,14-15H,8-9,12-13H2. The minimum atomic E-state index is -0.305. The van der Waals surface area contributed by atoms with Crippen LogP contribution in [0.5, 0.6) is 0 Å². The van der Waals surface area contributed by atoms with E-state index in [4.69, 9.17) is 0 Å². The first-order valence-electron chi connectivity index (χ1n) is 9.59. The monoisotopic (exact) mass is 390 g/mol. The van der Waals surface area contributed by atoms with Crippen LogP contribution < -0.4 is 0 Å². The summed E-state index contributed by atoms with van der Waals surface area (Å²) in [5, 5.41) is 13.0. The molecule has 1 saturated heterocycles. The van der Waals surface area contributed by atoms with Crippen molar-refractivity contribution in [2.24, 2.45) is 0 Å². The Labute approximate surface area is 166 Å². The fraction of sp³-hybridized carbons (Fsp3) is 0.238. The van der Waals surface area contributed by atoms with Crippen LogP contribution in [0.4, 0.5) is 4.39 Å². The van der Waals surface area contributed by atoms with Crippen LogP contribution >= 0.6 is 0 Å². The summed E-state index contributed by atoms with van der Waals surface area (Å²) in [5.41, 5.74) is 1.94. The normalized spacial score (nSPS) is 15.1. The van der Waals surface area contributed by atoms with Crippen molar-refractivity contribution in [3.63, 3.8) is 0 Å². The van der Waals surface area contributed by atoms with Crippen molar-refractivity contribution in [1.29, 1.82) is 0 Å². The molecule has 0 radical (unpaired) electrons. The number of piperidine rings is 1. The first-order valence-corrected chi connectivity index (χ1v) is 9.59. The fourth-order valence-corrected chi connectivity index (χ4v) is 3.82. The number of amides is 1. The minimum absolute atomic E-state index is 0.0876. The molecule has 7 nitrogen and oxygen atoms in total. The predicted octanol–water partition coefficient (Wildman–Crippen LogP) is 3.07. The predicted molar refractivity (Wildman–Crippen MR) is 104 cm³/mol. The molecule has 0 aliphatic carbocycles. The van der Waals surface area contributed by atoms with E-state index in [1.54, 1.807) is 29.1 Å². The van der Waals surface area contributed by atoms with Gasteiger partial charge in [-0.15, -0.1) is 10.2 Å². The number of likely N-dealkylation sites (tertiary alicyclic amines) is 1. The van der Waals surface area contributed by atoms with Gasteiger partial charge in [-0.05, 0) is 55.3 Å². The first-order chi connectivity index (χ1) is 14.2. The fourth-order valence-electron chi connectivity index (χ4n) is 3.82. The number of nitrogens with zero attached hydrogens (tertiary/aromatic N) is 6. The van der Waals surface area contributed by atoms with E-state index >= 15 is 0 Å². The van der Waals surface area contributed by atoms with Gasteiger partial charge in [0.2, 0.25) is 0 Å². The van der Waals surface area contributed by atoms with Gasteiger partial charge in [-0.25, -0.2) is 9.07 Å². The van der Waals surface area contributed by atoms with E-state index in [0.717, 1.165) is 24.3 Å². The Hall–Kier alpha value is -3.55. The van der Waals surface area contributed by atoms with Gasteiger partial charge < -0.3 is 4.90 Å². The van der Waals surface area contributed by atoms with Crippen molar-refractivity contribution < 1.29 is 9.18 Å². The van der Waals surface area contributed by atoms with E-state index in [1.165, 1.54) is 12.1 Å². The number of halogens is 1. The third-order valence-electron chi connectivity index (χ3n) is 5.39. The second-order valence-corrected chi connectivity index (χ2v) is 7.18. The molecule has 146 valence electrons. The maximum atomic E-state index is 13.1. The Bertz CT molecular complexity index is 1160. The molecule has 1 amide bonds. The zero-order valence-electron chi connectivity index (χ0n) is 15.6. The van der Waals surface area contributed by atoms with Crippen molar-refractivity contribution in [2.75, 3.05) is 13.1 Å². The highest BCUT2D eigenvalue weighted by Gasteiger charge is 2.28. The molecule has 4 aromatic rings. The summed E-state index contributed by atoms with van der Waals surface area (Å²) in [5.74, 6) is 0.831. The summed E-state index contributed by atoms with van der Waals surface area (Å²) in [6.45, 7) is 1.29. The van der Waals surface area contributed by atoms with E-state index in [1.807, 2.05) is 33.7 Å². The summed E-state index contributed by atoms with van der Waals surface area (Å²) >= 11 is 0. The van der Waals surface area contributed by atoms with Crippen LogP contribution in [-0.2, 0) is 0 Å². The van der Waals surface area contributed by atoms with E-state index in [0.29, 0.717) is 24.5 Å². The van der Waals surface area contributed by atoms with Crippen LogP contribution in [-0.4, -0.2) is 48.3 Å². The average molecular weight is 390 g/mol. The molecule has 29 heavy (non-hydrogen) atoms. The van der Waals surface area contributed by atoms with Crippen LogP contribution in [0.15, 0.2) is 60.9 Å². The quantitative estimate of drug-likeness (QED) is 0.539. The molecule has 0 bridgehead atoms. The molecule has 4 heterocycles. The molecule has 3 aromatic heterocycles. The Kier molecular flexibility index (Phi) is 4.31. The van der Waals surface area contributed by atoms with Gasteiger partial charge in [0, 0.05) is 31.4 Å². The van der Waals surface area contributed by atoms with Gasteiger partial charge in [0.05, 0.1) is 5.69 Å². The van der Waals surface area contributed by atoms with Gasteiger partial charge in [0.1, 0.15) is 11.6 Å². The number of pyridine rings is 1. The second-order valence-electron chi connectivity index (χ2n) is 7.18. The maximum Gasteiger partial charge on any atom is 0.274 e. The molecule has 0 atom stereocenters. The smallest absolute Gasteiger partial charge is 0.274 e. The van der Waals surface area contributed by atoms with Gasteiger partial charge in [-0.2, -0.15) is 5.10 Å². The lowest BCUT2D eigenvalue weighted by molar-refractivity contribution is 0.0704. The lowest BCUT2D eigenvalue weighted by atomic mass is 9.96. The zero-order valence-corrected chi connectivity index (χ0v) is 15.6. The summed E-state index contributed by atoms with van der Waals surface area (Å²) in [6, 6.07) is 13.6. The Morgan fingerprint density at radius 3 is 2.55 bits per heavy atom. The highest BCUT2D eigenvalue weighted by molar-refractivity contribution is 5.92. The van der Waals surface area contributed by atoms with Crippen molar-refractivity contribution in [3.05, 3.63) is 78.3 Å². The minimum Gasteiger partial charge on any atom is -0.337 e. The van der Waals surface area contributed by atoms with Crippen LogP contribution in [0.1, 0.15) is 35.1 Å². The van der Waals surface area contributed by atoms with E-state index in [-0.39, 0.29) is 17.6 Å². The largest absolute Gasteiger partial charge is 0.337 e. The van der Waals surface area contributed by atoms with Crippen LogP contribution in [0, 0.1) is 5.82 Å². The highest BCUT2D eigenvalue weighted by Crippen LogP contribution is 2.27. The zero-order chi connectivity index (χ0) is 19.8. The van der Waals surface area contributed by atoms with Crippen LogP contribution in [0.2, 0.25) is 0 Å². The summed E-state index contributed by atoms with van der Waals surface area (Å²) in [7, 11) is 0. The number of carbonyl (C=O) groups excluding carboxylic acids is 1. The Morgan fingerprint density at radius 2 is 1.76 bits per heavy atom. The molecule has 1 fully saturated rings. The van der Waals surface area contributed by atoms with Crippen molar-refractivity contribution in [3.8, 4) is 5.69 Å². The van der Waals surface area contributed by atoms with E-state index < -0.39 is 0 Å². The highest BCUT2D eigenvalue weighted by atomic mass is 19.1. The van der Waals surface area contributed by atoms with Gasteiger partial charge in [-0.3, -0.25) is 9.20 Å². The Balaban J connectivity index is 1.27. The molecule has 5 rings (SSSR count). The number of hydrogen-bond acceptors (Lipinski definition) is 4. The lowest BCUT2D eigenvalue weighted by Gasteiger charge is -2.30. The molecule has 0 unspecified atom stereocenters.